The number of likely N-dealkylation sites (tertiary alicyclic amines) is 1. The van der Waals surface area contributed by atoms with Crippen LogP contribution in [0.5, 0.6) is 0 Å². The summed E-state index contributed by atoms with van der Waals surface area (Å²) in [5.74, 6) is 1.12. The maximum absolute atomic E-state index is 5.90. The number of nitrogens with one attached hydrogen (secondary N) is 1. The molecule has 1 N–H and O–H groups in total. The fourth-order valence-electron chi connectivity index (χ4n) is 4.67. The van der Waals surface area contributed by atoms with Crippen LogP contribution in [0.2, 0.25) is 0 Å². The topological polar surface area (TPSA) is 40.1 Å². The lowest BCUT2D eigenvalue weighted by Gasteiger charge is -2.44. The van der Waals surface area contributed by atoms with Gasteiger partial charge in [-0.15, -0.1) is 24.0 Å². The molecule has 0 aromatic heterocycles. The van der Waals surface area contributed by atoms with Gasteiger partial charge in [-0.2, -0.15) is 0 Å². The van der Waals surface area contributed by atoms with Crippen molar-refractivity contribution in [2.75, 3.05) is 39.3 Å². The van der Waals surface area contributed by atoms with E-state index in [2.05, 4.69) is 49.7 Å². The van der Waals surface area contributed by atoms with Crippen molar-refractivity contribution in [1.29, 1.82) is 0 Å². The van der Waals surface area contributed by atoms with Gasteiger partial charge in [-0.3, -0.25) is 9.89 Å². The lowest BCUT2D eigenvalue weighted by Crippen LogP contribution is -2.56. The Labute approximate surface area is 177 Å². The summed E-state index contributed by atoms with van der Waals surface area (Å²) in [5, 5.41) is 3.54. The van der Waals surface area contributed by atoms with E-state index in [4.69, 9.17) is 9.73 Å². The predicted molar refractivity (Wildman–Crippen MR) is 120 cm³/mol. The highest BCUT2D eigenvalue weighted by Crippen LogP contribution is 2.47. The second kappa shape index (κ2) is 8.95. The van der Waals surface area contributed by atoms with E-state index in [1.54, 1.807) is 0 Å². The minimum Gasteiger partial charge on any atom is -0.373 e. The van der Waals surface area contributed by atoms with E-state index in [0.29, 0.717) is 17.6 Å². The zero-order valence-corrected chi connectivity index (χ0v) is 19.7. The van der Waals surface area contributed by atoms with Crippen LogP contribution < -0.4 is 5.32 Å². The standard InChI is InChI=1S/C20H38N4O.HI/c1-6-21-18(23-11-10-20(15-23)8-7-9-20)22-14-19(4,5)24-12-16(2)25-17(3)13-24;/h16-17H,6-15H2,1-5H3,(H,21,22);1H. The van der Waals surface area contributed by atoms with Gasteiger partial charge in [0.2, 0.25) is 0 Å². The van der Waals surface area contributed by atoms with Gasteiger partial charge in [-0.25, -0.2) is 0 Å². The number of morpholine rings is 1. The summed E-state index contributed by atoms with van der Waals surface area (Å²) in [6.07, 6.45) is 6.20. The summed E-state index contributed by atoms with van der Waals surface area (Å²) in [6, 6.07) is 0. The molecule has 2 aliphatic heterocycles. The van der Waals surface area contributed by atoms with E-state index < -0.39 is 0 Å². The molecular weight excluding hydrogens is 439 g/mol. The van der Waals surface area contributed by atoms with Crippen molar-refractivity contribution in [1.82, 2.24) is 15.1 Å². The molecular formula is C20H39IN4O. The Hall–Kier alpha value is -0.0800. The van der Waals surface area contributed by atoms with Gasteiger partial charge in [0, 0.05) is 38.3 Å². The molecule has 3 rings (SSSR count). The highest BCUT2D eigenvalue weighted by atomic mass is 127. The first-order chi connectivity index (χ1) is 11.8. The number of hydrogen-bond acceptors (Lipinski definition) is 3. The highest BCUT2D eigenvalue weighted by molar-refractivity contribution is 14.0. The molecule has 1 spiro atoms. The van der Waals surface area contributed by atoms with Crippen LogP contribution in [0, 0.1) is 5.41 Å². The molecule has 2 atom stereocenters. The van der Waals surface area contributed by atoms with Crippen LogP contribution in [0.25, 0.3) is 0 Å². The Morgan fingerprint density at radius 1 is 1.19 bits per heavy atom. The summed E-state index contributed by atoms with van der Waals surface area (Å²) in [4.78, 5) is 10.1. The van der Waals surface area contributed by atoms with Crippen molar-refractivity contribution < 1.29 is 4.74 Å². The van der Waals surface area contributed by atoms with Gasteiger partial charge in [0.1, 0.15) is 0 Å². The molecule has 0 radical (unpaired) electrons. The average Bonchev–Trinajstić information content (AvgIpc) is 2.96. The molecule has 152 valence electrons. The van der Waals surface area contributed by atoms with Crippen molar-refractivity contribution >= 4 is 29.9 Å². The second-order valence-corrected chi connectivity index (χ2v) is 9.17. The SMILES string of the molecule is CCNC(=NCC(C)(C)N1CC(C)OC(C)C1)N1CCC2(CCC2)C1.I. The normalized spacial score (nSPS) is 29.4. The van der Waals surface area contributed by atoms with Gasteiger partial charge in [-0.05, 0) is 59.3 Å². The maximum atomic E-state index is 5.90. The van der Waals surface area contributed by atoms with Gasteiger partial charge in [0.15, 0.2) is 5.96 Å². The van der Waals surface area contributed by atoms with E-state index in [9.17, 15) is 0 Å². The summed E-state index contributed by atoms with van der Waals surface area (Å²) in [6.45, 7) is 17.3. The summed E-state index contributed by atoms with van der Waals surface area (Å²) >= 11 is 0. The maximum Gasteiger partial charge on any atom is 0.193 e. The van der Waals surface area contributed by atoms with E-state index in [1.165, 1.54) is 32.2 Å². The smallest absolute Gasteiger partial charge is 0.193 e. The van der Waals surface area contributed by atoms with Crippen LogP contribution in [-0.2, 0) is 4.74 Å². The molecule has 2 heterocycles. The third-order valence-electron chi connectivity index (χ3n) is 6.38. The largest absolute Gasteiger partial charge is 0.373 e. The van der Waals surface area contributed by atoms with Crippen molar-refractivity contribution in [2.45, 2.75) is 78.0 Å². The predicted octanol–water partition coefficient (Wildman–Crippen LogP) is 3.33. The quantitative estimate of drug-likeness (QED) is 0.383. The third-order valence-corrected chi connectivity index (χ3v) is 6.38. The van der Waals surface area contributed by atoms with Crippen LogP contribution in [-0.4, -0.2) is 72.8 Å². The van der Waals surface area contributed by atoms with E-state index in [-0.39, 0.29) is 29.5 Å². The van der Waals surface area contributed by atoms with Crippen LogP contribution in [0.1, 0.15) is 60.3 Å². The third kappa shape index (κ3) is 5.04. The summed E-state index contributed by atoms with van der Waals surface area (Å²) < 4.78 is 5.90. The number of aliphatic imine (C=N–C) groups is 1. The number of rotatable bonds is 4. The Morgan fingerprint density at radius 2 is 1.85 bits per heavy atom. The summed E-state index contributed by atoms with van der Waals surface area (Å²) in [5.41, 5.74) is 0.668. The zero-order valence-electron chi connectivity index (χ0n) is 17.4. The second-order valence-electron chi connectivity index (χ2n) is 9.17. The van der Waals surface area contributed by atoms with Crippen molar-refractivity contribution in [3.8, 4) is 0 Å². The summed E-state index contributed by atoms with van der Waals surface area (Å²) in [7, 11) is 0. The molecule has 3 fully saturated rings. The fraction of sp³-hybridized carbons (Fsp3) is 0.950. The molecule has 0 aromatic carbocycles. The molecule has 2 saturated heterocycles. The number of ether oxygens (including phenoxy) is 1. The lowest BCUT2D eigenvalue weighted by atomic mass is 9.68. The van der Waals surface area contributed by atoms with Gasteiger partial charge in [0.05, 0.1) is 18.8 Å². The minimum absolute atomic E-state index is 0. The number of nitrogens with zero attached hydrogens (tertiary/aromatic N) is 3. The Kier molecular flexibility index (Phi) is 7.64. The Morgan fingerprint density at radius 3 is 2.35 bits per heavy atom. The number of guanidine groups is 1. The van der Waals surface area contributed by atoms with Crippen LogP contribution in [0.4, 0.5) is 0 Å². The van der Waals surface area contributed by atoms with Gasteiger partial charge in [-0.1, -0.05) is 6.42 Å². The Balaban J connectivity index is 0.00000243. The molecule has 0 aromatic rings. The monoisotopic (exact) mass is 478 g/mol. The molecule has 0 amide bonds. The Bertz CT molecular complexity index is 482. The van der Waals surface area contributed by atoms with Gasteiger partial charge >= 0.3 is 0 Å². The zero-order chi connectivity index (χ0) is 18.1. The van der Waals surface area contributed by atoms with Crippen molar-refractivity contribution in [3.63, 3.8) is 0 Å². The minimum atomic E-state index is 0. The molecule has 1 saturated carbocycles. The van der Waals surface area contributed by atoms with Crippen LogP contribution in [0.3, 0.4) is 0 Å². The average molecular weight is 478 g/mol. The number of hydrogen-bond donors (Lipinski definition) is 1. The first kappa shape index (κ1) is 22.2. The van der Waals surface area contributed by atoms with Crippen LogP contribution in [0.15, 0.2) is 4.99 Å². The first-order valence-electron chi connectivity index (χ1n) is 10.3. The molecule has 1 aliphatic carbocycles. The highest BCUT2D eigenvalue weighted by Gasteiger charge is 2.43. The van der Waals surface area contributed by atoms with E-state index >= 15 is 0 Å². The molecule has 6 heteroatoms. The van der Waals surface area contributed by atoms with Crippen molar-refractivity contribution in [3.05, 3.63) is 0 Å². The van der Waals surface area contributed by atoms with Gasteiger partial charge < -0.3 is 15.0 Å². The van der Waals surface area contributed by atoms with E-state index in [0.717, 1.165) is 38.7 Å². The number of halogens is 1. The molecule has 3 aliphatic rings. The fourth-order valence-corrected chi connectivity index (χ4v) is 4.67. The van der Waals surface area contributed by atoms with Crippen molar-refractivity contribution in [2.24, 2.45) is 10.4 Å². The first-order valence-corrected chi connectivity index (χ1v) is 10.3. The van der Waals surface area contributed by atoms with E-state index in [1.807, 2.05) is 0 Å². The molecule has 2 unspecified atom stereocenters. The molecule has 5 nitrogen and oxygen atoms in total. The van der Waals surface area contributed by atoms with Crippen LogP contribution >= 0.6 is 24.0 Å². The molecule has 0 bridgehead atoms. The molecule has 26 heavy (non-hydrogen) atoms. The lowest BCUT2D eigenvalue weighted by molar-refractivity contribution is -0.0939. The van der Waals surface area contributed by atoms with Gasteiger partial charge in [0.25, 0.3) is 0 Å².